The first kappa shape index (κ1) is 20.9. The van der Waals surface area contributed by atoms with E-state index in [0.717, 1.165) is 38.8 Å². The van der Waals surface area contributed by atoms with Crippen molar-refractivity contribution in [2.45, 2.75) is 25.7 Å². The van der Waals surface area contributed by atoms with Crippen LogP contribution in [0.3, 0.4) is 0 Å². The van der Waals surface area contributed by atoms with Gasteiger partial charge in [-0.1, -0.05) is 61.4 Å². The molecule has 25 heavy (non-hydrogen) atoms. The second-order valence-corrected chi connectivity index (χ2v) is 5.56. The topological polar surface area (TPSA) is 70.8 Å². The first-order valence-electron chi connectivity index (χ1n) is 8.29. The van der Waals surface area contributed by atoms with Crippen molar-refractivity contribution in [1.29, 1.82) is 0 Å². The Morgan fingerprint density at radius 2 is 1.04 bits per heavy atom. The molecular formula is C20H22N2NiO2. The summed E-state index contributed by atoms with van der Waals surface area (Å²) in [6.07, 6.45) is 7.50. The third-order valence-electron chi connectivity index (χ3n) is 3.62. The van der Waals surface area contributed by atoms with Crippen LogP contribution in [-0.2, 0) is 16.5 Å². The standard InChI is InChI=1S/C20H24N2O2.Ni/c23-19-11-5-3-9-17(19)15-21-13-7-1-2-8-14-22-16-18-10-4-6-12-20(18)24;/h3-6,9-12,15-16,23-24H,1-2,7-8,13-14H2;/q;+2/p-2. The van der Waals surface area contributed by atoms with Gasteiger partial charge in [0, 0.05) is 25.5 Å². The minimum Gasteiger partial charge on any atom is -0.872 e. The average molecular weight is 381 g/mol. The van der Waals surface area contributed by atoms with Crippen molar-refractivity contribution in [3.63, 3.8) is 0 Å². The number of unbranched alkanes of at least 4 members (excludes halogenated alkanes) is 3. The molecule has 5 heteroatoms. The summed E-state index contributed by atoms with van der Waals surface area (Å²) >= 11 is 0. The molecule has 0 amide bonds. The summed E-state index contributed by atoms with van der Waals surface area (Å²) in [4.78, 5) is 8.59. The van der Waals surface area contributed by atoms with Gasteiger partial charge in [0.25, 0.3) is 0 Å². The van der Waals surface area contributed by atoms with Gasteiger partial charge >= 0.3 is 16.5 Å². The van der Waals surface area contributed by atoms with Gasteiger partial charge in [0.2, 0.25) is 0 Å². The van der Waals surface area contributed by atoms with Gasteiger partial charge in [0.1, 0.15) is 0 Å². The van der Waals surface area contributed by atoms with Crippen LogP contribution in [0.15, 0.2) is 58.5 Å². The smallest absolute Gasteiger partial charge is 0.872 e. The number of hydrogen-bond acceptors (Lipinski definition) is 4. The molecular weight excluding hydrogens is 359 g/mol. The number of rotatable bonds is 9. The first-order chi connectivity index (χ1) is 11.8. The van der Waals surface area contributed by atoms with E-state index in [1.54, 1.807) is 48.8 Å². The van der Waals surface area contributed by atoms with Crippen molar-refractivity contribution in [2.75, 3.05) is 13.1 Å². The Balaban J connectivity index is 0.00000312. The number of hydrogen-bond donors (Lipinski definition) is 0. The fourth-order valence-electron chi connectivity index (χ4n) is 2.26. The molecule has 0 saturated carbocycles. The Morgan fingerprint density at radius 3 is 1.44 bits per heavy atom. The minimum absolute atomic E-state index is 0. The van der Waals surface area contributed by atoms with Gasteiger partial charge in [-0.2, -0.15) is 0 Å². The zero-order valence-corrected chi connectivity index (χ0v) is 15.0. The quantitative estimate of drug-likeness (QED) is 0.381. The number of benzene rings is 2. The van der Waals surface area contributed by atoms with Crippen LogP contribution < -0.4 is 10.2 Å². The molecule has 0 aliphatic rings. The van der Waals surface area contributed by atoms with Crippen molar-refractivity contribution >= 4 is 12.4 Å². The predicted octanol–water partition coefficient (Wildman–Crippen LogP) is 2.93. The molecule has 2 aromatic carbocycles. The van der Waals surface area contributed by atoms with E-state index in [1.165, 1.54) is 0 Å². The van der Waals surface area contributed by atoms with Crippen molar-refractivity contribution in [3.8, 4) is 11.5 Å². The maximum atomic E-state index is 11.5. The first-order valence-corrected chi connectivity index (χ1v) is 8.29. The Labute approximate surface area is 159 Å². The summed E-state index contributed by atoms with van der Waals surface area (Å²) in [5.74, 6) is 0.0255. The van der Waals surface area contributed by atoms with Crippen molar-refractivity contribution in [1.82, 2.24) is 0 Å². The second kappa shape index (κ2) is 12.3. The summed E-state index contributed by atoms with van der Waals surface area (Å²) in [6.45, 7) is 1.47. The fraction of sp³-hybridized carbons (Fsp3) is 0.300. The molecule has 134 valence electrons. The molecule has 0 spiro atoms. The number of aliphatic imine (C=N–C) groups is 2. The Hall–Kier alpha value is -2.13. The van der Waals surface area contributed by atoms with Gasteiger partial charge in [-0.05, 0) is 24.0 Å². The average Bonchev–Trinajstić information content (AvgIpc) is 2.59. The molecule has 0 saturated heterocycles. The zero-order valence-electron chi connectivity index (χ0n) is 14.0. The van der Waals surface area contributed by atoms with Crippen LogP contribution in [-0.4, -0.2) is 25.5 Å². The van der Waals surface area contributed by atoms with E-state index in [4.69, 9.17) is 0 Å². The third-order valence-corrected chi connectivity index (χ3v) is 3.62. The van der Waals surface area contributed by atoms with Crippen LogP contribution in [0.2, 0.25) is 0 Å². The maximum absolute atomic E-state index is 11.5. The molecule has 0 N–H and O–H groups in total. The SMILES string of the molecule is [Ni+2].[O-]c1ccccc1C=NCCCCCCN=Cc1ccccc1[O-]. The number of para-hydroxylation sites is 2. The van der Waals surface area contributed by atoms with E-state index in [1.807, 2.05) is 12.1 Å². The summed E-state index contributed by atoms with van der Waals surface area (Å²) in [7, 11) is 0. The zero-order chi connectivity index (χ0) is 17.0. The molecule has 4 nitrogen and oxygen atoms in total. The van der Waals surface area contributed by atoms with E-state index < -0.39 is 0 Å². The van der Waals surface area contributed by atoms with Gasteiger partial charge in [0.05, 0.1) is 0 Å². The van der Waals surface area contributed by atoms with Crippen LogP contribution in [0, 0.1) is 0 Å². The van der Waals surface area contributed by atoms with Crippen LogP contribution in [0.4, 0.5) is 0 Å². The largest absolute Gasteiger partial charge is 2.00 e. The molecule has 0 unspecified atom stereocenters. The Kier molecular flexibility index (Phi) is 10.3. The third kappa shape index (κ3) is 7.99. The van der Waals surface area contributed by atoms with E-state index in [-0.39, 0.29) is 28.0 Å². The van der Waals surface area contributed by atoms with Crippen LogP contribution in [0.5, 0.6) is 11.5 Å². The fourth-order valence-corrected chi connectivity index (χ4v) is 2.26. The van der Waals surface area contributed by atoms with Gasteiger partial charge in [-0.15, -0.1) is 11.5 Å². The monoisotopic (exact) mass is 380 g/mol. The molecule has 2 aromatic rings. The van der Waals surface area contributed by atoms with E-state index in [2.05, 4.69) is 9.98 Å². The van der Waals surface area contributed by atoms with Crippen molar-refractivity contribution < 1.29 is 26.7 Å². The van der Waals surface area contributed by atoms with E-state index in [9.17, 15) is 10.2 Å². The van der Waals surface area contributed by atoms with Gasteiger partial charge in [-0.3, -0.25) is 9.98 Å². The normalized spacial score (nSPS) is 11.0. The summed E-state index contributed by atoms with van der Waals surface area (Å²) in [5.41, 5.74) is 1.29. The van der Waals surface area contributed by atoms with Gasteiger partial charge in [0.15, 0.2) is 0 Å². The van der Waals surface area contributed by atoms with Crippen LogP contribution >= 0.6 is 0 Å². The molecule has 0 heterocycles. The van der Waals surface area contributed by atoms with Gasteiger partial charge in [-0.25, -0.2) is 0 Å². The molecule has 0 aliphatic heterocycles. The Bertz CT molecular complexity index is 627. The maximum Gasteiger partial charge on any atom is 2.00 e. The predicted molar refractivity (Wildman–Crippen MR) is 95.2 cm³/mol. The van der Waals surface area contributed by atoms with E-state index >= 15 is 0 Å². The van der Waals surface area contributed by atoms with Crippen molar-refractivity contribution in [3.05, 3.63) is 59.7 Å². The molecule has 0 atom stereocenters. The summed E-state index contributed by atoms with van der Waals surface area (Å²) < 4.78 is 0. The second-order valence-electron chi connectivity index (χ2n) is 5.56. The van der Waals surface area contributed by atoms with E-state index in [0.29, 0.717) is 11.1 Å². The van der Waals surface area contributed by atoms with Crippen LogP contribution in [0.1, 0.15) is 36.8 Å². The molecule has 0 radical (unpaired) electrons. The molecule has 0 aromatic heterocycles. The van der Waals surface area contributed by atoms with Crippen LogP contribution in [0.25, 0.3) is 0 Å². The summed E-state index contributed by atoms with van der Waals surface area (Å²) in [6, 6.07) is 13.8. The molecule has 0 aliphatic carbocycles. The molecule has 2 rings (SSSR count). The Morgan fingerprint density at radius 1 is 0.640 bits per heavy atom. The minimum atomic E-state index is 0. The number of nitrogens with zero attached hydrogens (tertiary/aromatic N) is 2. The van der Waals surface area contributed by atoms with Gasteiger partial charge < -0.3 is 10.2 Å². The van der Waals surface area contributed by atoms with Crippen molar-refractivity contribution in [2.24, 2.45) is 9.98 Å². The summed E-state index contributed by atoms with van der Waals surface area (Å²) in [5, 5.41) is 23.0. The molecule has 0 bridgehead atoms. The molecule has 0 fully saturated rings.